The highest BCUT2D eigenvalue weighted by Crippen LogP contribution is 2.35. The van der Waals surface area contributed by atoms with Crippen molar-refractivity contribution in [2.75, 3.05) is 11.6 Å². The number of nitrogens with two attached hydrogens (primary N) is 1. The van der Waals surface area contributed by atoms with E-state index in [1.807, 2.05) is 0 Å². The molecule has 0 bridgehead atoms. The third kappa shape index (κ3) is 6.75. The van der Waals surface area contributed by atoms with Crippen LogP contribution in [0.3, 0.4) is 0 Å². The number of hydrogen-bond donors (Lipinski definition) is 3. The Morgan fingerprint density at radius 1 is 1.26 bits per heavy atom. The smallest absolute Gasteiger partial charge is 0.338 e. The molecule has 2 rings (SSSR count). The van der Waals surface area contributed by atoms with Crippen LogP contribution in [0.15, 0.2) is 23.1 Å². The molecular weight excluding hydrogens is 506 g/mol. The standard InChI is InChI=1S/C21H26ClN3O7S2/c1-11-16(12-6-7-13(22)14(10-12)34(5,30)31)33-19(24-11)25-15(26)8-9-21(23,17(27)28)18(29)32-20(2,3)4/h6-7,10H,8-9,23H2,1-5H3,(H,27,28)(H,24,25,26)/t21-/m0/s1. The first-order valence-electron chi connectivity index (χ1n) is 9.97. The summed E-state index contributed by atoms with van der Waals surface area (Å²) in [6.07, 6.45) is 0.180. The lowest BCUT2D eigenvalue weighted by atomic mass is 9.94. The lowest BCUT2D eigenvalue weighted by molar-refractivity contribution is -0.169. The third-order valence-corrected chi connectivity index (χ3v) is 7.23. The summed E-state index contributed by atoms with van der Waals surface area (Å²) in [7, 11) is -3.55. The summed E-state index contributed by atoms with van der Waals surface area (Å²) in [5, 5.41) is 12.3. The lowest BCUT2D eigenvalue weighted by Crippen LogP contribution is -2.57. The van der Waals surface area contributed by atoms with Gasteiger partial charge in [0.2, 0.25) is 11.4 Å². The Hall–Kier alpha value is -2.54. The monoisotopic (exact) mass is 531 g/mol. The van der Waals surface area contributed by atoms with Crippen LogP contribution in [0.4, 0.5) is 5.13 Å². The Labute approximate surface area is 206 Å². The van der Waals surface area contributed by atoms with E-state index < -0.39 is 45.2 Å². The topological polar surface area (TPSA) is 166 Å². The number of aromatic nitrogens is 1. The van der Waals surface area contributed by atoms with Crippen molar-refractivity contribution < 1.29 is 32.6 Å². The van der Waals surface area contributed by atoms with E-state index in [0.29, 0.717) is 16.1 Å². The average molecular weight is 532 g/mol. The zero-order valence-electron chi connectivity index (χ0n) is 19.3. The molecule has 10 nitrogen and oxygen atoms in total. The van der Waals surface area contributed by atoms with Crippen molar-refractivity contribution >= 4 is 55.8 Å². The number of rotatable bonds is 8. The molecule has 4 N–H and O–H groups in total. The second-order valence-corrected chi connectivity index (χ2v) is 12.1. The molecule has 2 aromatic rings. The minimum atomic E-state index is -3.55. The second kappa shape index (κ2) is 9.98. The number of esters is 1. The van der Waals surface area contributed by atoms with Crippen LogP contribution in [-0.2, 0) is 29.0 Å². The van der Waals surface area contributed by atoms with Gasteiger partial charge in [0.1, 0.15) is 5.60 Å². The Morgan fingerprint density at radius 3 is 2.41 bits per heavy atom. The van der Waals surface area contributed by atoms with Crippen molar-refractivity contribution in [2.45, 2.75) is 56.6 Å². The first-order valence-corrected chi connectivity index (χ1v) is 13.1. The van der Waals surface area contributed by atoms with Gasteiger partial charge in [0.05, 0.1) is 20.5 Å². The number of hydrogen-bond acceptors (Lipinski definition) is 9. The summed E-state index contributed by atoms with van der Waals surface area (Å²) in [5.41, 5.74) is 3.52. The number of aryl methyl sites for hydroxylation is 1. The number of halogens is 1. The predicted octanol–water partition coefficient (Wildman–Crippen LogP) is 3.02. The Balaban J connectivity index is 2.18. The molecule has 0 fully saturated rings. The molecule has 0 spiro atoms. The molecule has 0 unspecified atom stereocenters. The molecule has 0 saturated heterocycles. The van der Waals surface area contributed by atoms with Gasteiger partial charge in [0.15, 0.2) is 15.0 Å². The summed E-state index contributed by atoms with van der Waals surface area (Å²) in [6.45, 7) is 6.40. The Morgan fingerprint density at radius 2 is 1.88 bits per heavy atom. The molecule has 1 aromatic heterocycles. The first-order chi connectivity index (χ1) is 15.4. The highest BCUT2D eigenvalue weighted by Gasteiger charge is 2.45. The van der Waals surface area contributed by atoms with Gasteiger partial charge in [-0.3, -0.25) is 4.79 Å². The van der Waals surface area contributed by atoms with Crippen LogP contribution in [0, 0.1) is 6.92 Å². The second-order valence-electron chi connectivity index (χ2n) is 8.68. The molecule has 0 radical (unpaired) electrons. The van der Waals surface area contributed by atoms with E-state index in [9.17, 15) is 27.9 Å². The zero-order chi connectivity index (χ0) is 26.1. The van der Waals surface area contributed by atoms with Crippen molar-refractivity contribution in [3.8, 4) is 10.4 Å². The maximum absolute atomic E-state index is 12.4. The van der Waals surface area contributed by atoms with Gasteiger partial charge in [0.25, 0.3) is 0 Å². The predicted molar refractivity (Wildman–Crippen MR) is 129 cm³/mol. The molecule has 0 aliphatic heterocycles. The average Bonchev–Trinajstić information content (AvgIpc) is 3.03. The molecular formula is C21H26ClN3O7S2. The van der Waals surface area contributed by atoms with E-state index in [1.54, 1.807) is 33.8 Å². The molecule has 1 aromatic carbocycles. The molecule has 0 saturated carbocycles. The highest BCUT2D eigenvalue weighted by molar-refractivity contribution is 7.90. The van der Waals surface area contributed by atoms with Crippen LogP contribution in [0.5, 0.6) is 0 Å². The van der Waals surface area contributed by atoms with Crippen LogP contribution in [-0.4, -0.2) is 53.7 Å². The normalized spacial score (nSPS) is 13.7. The minimum Gasteiger partial charge on any atom is -0.479 e. The number of carbonyl (C=O) groups is 3. The molecule has 1 amide bonds. The Kier molecular flexibility index (Phi) is 8.13. The summed E-state index contributed by atoms with van der Waals surface area (Å²) < 4.78 is 29.0. The van der Waals surface area contributed by atoms with Crippen molar-refractivity contribution in [3.05, 3.63) is 28.9 Å². The first kappa shape index (κ1) is 27.7. The van der Waals surface area contributed by atoms with Gasteiger partial charge in [-0.2, -0.15) is 0 Å². The fraction of sp³-hybridized carbons (Fsp3) is 0.429. The number of aliphatic carboxylic acids is 1. The minimum absolute atomic E-state index is 0.0276. The number of nitrogens with zero attached hydrogens (tertiary/aromatic N) is 1. The lowest BCUT2D eigenvalue weighted by Gasteiger charge is -2.27. The van der Waals surface area contributed by atoms with E-state index >= 15 is 0 Å². The number of thiazole rings is 1. The van der Waals surface area contributed by atoms with Gasteiger partial charge in [-0.15, -0.1) is 0 Å². The number of carbonyl (C=O) groups excluding carboxylic acids is 2. The number of anilines is 1. The Bertz CT molecular complexity index is 1240. The molecule has 1 heterocycles. The van der Waals surface area contributed by atoms with Crippen molar-refractivity contribution in [3.63, 3.8) is 0 Å². The summed E-state index contributed by atoms with van der Waals surface area (Å²) in [4.78, 5) is 41.2. The van der Waals surface area contributed by atoms with E-state index in [2.05, 4.69) is 10.3 Å². The largest absolute Gasteiger partial charge is 0.479 e. The van der Waals surface area contributed by atoms with Crippen LogP contribution < -0.4 is 11.1 Å². The van der Waals surface area contributed by atoms with Gasteiger partial charge >= 0.3 is 11.9 Å². The fourth-order valence-electron chi connectivity index (χ4n) is 2.80. The van der Waals surface area contributed by atoms with Gasteiger partial charge < -0.3 is 20.9 Å². The van der Waals surface area contributed by atoms with Crippen LogP contribution in [0.2, 0.25) is 5.02 Å². The number of nitrogens with one attached hydrogen (secondary N) is 1. The molecule has 186 valence electrons. The molecule has 0 aliphatic rings. The van der Waals surface area contributed by atoms with E-state index in [-0.39, 0.29) is 21.5 Å². The highest BCUT2D eigenvalue weighted by atomic mass is 35.5. The molecule has 34 heavy (non-hydrogen) atoms. The van der Waals surface area contributed by atoms with Crippen LogP contribution >= 0.6 is 22.9 Å². The number of carboxylic acid groups (broad SMARTS) is 1. The number of benzene rings is 1. The van der Waals surface area contributed by atoms with E-state index in [4.69, 9.17) is 22.1 Å². The summed E-state index contributed by atoms with van der Waals surface area (Å²) in [6, 6.07) is 4.54. The van der Waals surface area contributed by atoms with E-state index in [0.717, 1.165) is 17.6 Å². The molecule has 0 aliphatic carbocycles. The van der Waals surface area contributed by atoms with Crippen molar-refractivity contribution in [1.29, 1.82) is 0 Å². The van der Waals surface area contributed by atoms with Crippen molar-refractivity contribution in [1.82, 2.24) is 4.98 Å². The number of carboxylic acids is 1. The van der Waals surface area contributed by atoms with Gasteiger partial charge in [0, 0.05) is 12.7 Å². The summed E-state index contributed by atoms with van der Waals surface area (Å²) >= 11 is 7.10. The number of ether oxygens (including phenoxy) is 1. The fourth-order valence-corrected chi connectivity index (χ4v) is 5.08. The molecule has 13 heteroatoms. The maximum atomic E-state index is 12.4. The van der Waals surface area contributed by atoms with Gasteiger partial charge in [-0.1, -0.05) is 29.0 Å². The third-order valence-electron chi connectivity index (χ3n) is 4.53. The quantitative estimate of drug-likeness (QED) is 0.342. The van der Waals surface area contributed by atoms with Crippen LogP contribution in [0.1, 0.15) is 39.3 Å². The van der Waals surface area contributed by atoms with Gasteiger partial charge in [-0.25, -0.2) is 23.0 Å². The number of sulfone groups is 1. The van der Waals surface area contributed by atoms with Gasteiger partial charge in [-0.05, 0) is 51.8 Å². The SMILES string of the molecule is Cc1nc(NC(=O)CC[C@](N)(C(=O)O)C(=O)OC(C)(C)C)sc1-c1ccc(Cl)c(S(C)(=O)=O)c1. The maximum Gasteiger partial charge on any atom is 0.338 e. The number of amides is 1. The summed E-state index contributed by atoms with van der Waals surface area (Å²) in [5.74, 6) is -3.35. The van der Waals surface area contributed by atoms with E-state index in [1.165, 1.54) is 12.1 Å². The molecule has 1 atom stereocenters. The van der Waals surface area contributed by atoms with Crippen LogP contribution in [0.25, 0.3) is 10.4 Å². The zero-order valence-corrected chi connectivity index (χ0v) is 21.7. The van der Waals surface area contributed by atoms with Crippen molar-refractivity contribution in [2.24, 2.45) is 5.73 Å².